The second-order valence-electron chi connectivity index (χ2n) is 7.35. The van der Waals surface area contributed by atoms with Crippen molar-refractivity contribution in [2.45, 2.75) is 45.4 Å². The van der Waals surface area contributed by atoms with Crippen LogP contribution in [0.4, 0.5) is 0 Å². The summed E-state index contributed by atoms with van der Waals surface area (Å²) in [5, 5.41) is 1.04. The number of piperidine rings is 1. The number of benzene rings is 1. The highest BCUT2D eigenvalue weighted by atomic mass is 32.1. The first-order chi connectivity index (χ1) is 12.5. The third-order valence-corrected chi connectivity index (χ3v) is 6.45. The summed E-state index contributed by atoms with van der Waals surface area (Å²) < 4.78 is 0. The molecular formula is C20H24N4OS. The highest BCUT2D eigenvalue weighted by Crippen LogP contribution is 2.30. The van der Waals surface area contributed by atoms with Crippen LogP contribution in [0, 0.1) is 6.92 Å². The number of rotatable bonds is 3. The Balaban J connectivity index is 1.55. The summed E-state index contributed by atoms with van der Waals surface area (Å²) in [5.74, 6) is 1.73. The number of thiazole rings is 1. The Morgan fingerprint density at radius 3 is 2.85 bits per heavy atom. The van der Waals surface area contributed by atoms with Gasteiger partial charge in [-0.1, -0.05) is 26.0 Å². The number of para-hydroxylation sites is 2. The van der Waals surface area contributed by atoms with E-state index in [1.807, 2.05) is 36.1 Å². The van der Waals surface area contributed by atoms with E-state index in [0.717, 1.165) is 51.8 Å². The van der Waals surface area contributed by atoms with Gasteiger partial charge in [-0.25, -0.2) is 9.97 Å². The fourth-order valence-electron chi connectivity index (χ4n) is 3.56. The highest BCUT2D eigenvalue weighted by Gasteiger charge is 2.29. The lowest BCUT2D eigenvalue weighted by Gasteiger charge is -2.31. The van der Waals surface area contributed by atoms with Crippen molar-refractivity contribution in [1.29, 1.82) is 0 Å². The first-order valence-corrected chi connectivity index (χ1v) is 10.1. The predicted molar refractivity (Wildman–Crippen MR) is 105 cm³/mol. The number of nitrogens with one attached hydrogen (secondary N) is 1. The van der Waals surface area contributed by atoms with Gasteiger partial charge in [-0.05, 0) is 31.9 Å². The Kier molecular flexibility index (Phi) is 4.53. The van der Waals surface area contributed by atoms with Crippen molar-refractivity contribution in [2.75, 3.05) is 13.1 Å². The Morgan fingerprint density at radius 2 is 2.12 bits per heavy atom. The molecule has 1 aliphatic rings. The van der Waals surface area contributed by atoms with Crippen molar-refractivity contribution < 1.29 is 4.79 Å². The van der Waals surface area contributed by atoms with Gasteiger partial charge in [0.05, 0.1) is 21.7 Å². The van der Waals surface area contributed by atoms with E-state index in [1.165, 1.54) is 0 Å². The number of nitrogens with zero attached hydrogens (tertiary/aromatic N) is 3. The van der Waals surface area contributed by atoms with E-state index in [4.69, 9.17) is 4.98 Å². The van der Waals surface area contributed by atoms with Crippen molar-refractivity contribution in [2.24, 2.45) is 0 Å². The molecule has 5 nitrogen and oxygen atoms in total. The Morgan fingerprint density at radius 1 is 1.31 bits per heavy atom. The van der Waals surface area contributed by atoms with Crippen LogP contribution in [-0.2, 0) is 0 Å². The molecule has 0 saturated carbocycles. The minimum Gasteiger partial charge on any atom is -0.342 e. The Labute approximate surface area is 157 Å². The number of aromatic amines is 1. The molecule has 1 unspecified atom stereocenters. The van der Waals surface area contributed by atoms with Crippen LogP contribution in [0.25, 0.3) is 11.0 Å². The average Bonchev–Trinajstić information content (AvgIpc) is 3.25. The number of likely N-dealkylation sites (tertiary alicyclic amines) is 1. The van der Waals surface area contributed by atoms with Gasteiger partial charge in [-0.3, -0.25) is 4.79 Å². The summed E-state index contributed by atoms with van der Waals surface area (Å²) in [5.41, 5.74) is 2.91. The molecule has 3 aromatic rings. The van der Waals surface area contributed by atoms with Gasteiger partial charge in [-0.15, -0.1) is 11.3 Å². The second-order valence-corrected chi connectivity index (χ2v) is 8.38. The fourth-order valence-corrected chi connectivity index (χ4v) is 4.59. The minimum absolute atomic E-state index is 0.118. The van der Waals surface area contributed by atoms with Crippen LogP contribution in [0.1, 0.15) is 64.7 Å². The number of hydrogen-bond acceptors (Lipinski definition) is 4. The molecule has 0 bridgehead atoms. The third kappa shape index (κ3) is 3.14. The standard InChI is InChI=1S/C20H24N4OS/c1-12(2)19-21-13(3)17(26-19)20(25)24-10-6-7-14(11-24)18-22-15-8-4-5-9-16(15)23-18/h4-5,8-9,12,14H,6-7,10-11H2,1-3H3,(H,22,23). The number of carbonyl (C=O) groups excluding carboxylic acids is 1. The van der Waals surface area contributed by atoms with E-state index in [1.54, 1.807) is 11.3 Å². The molecule has 0 aliphatic carbocycles. The molecule has 0 spiro atoms. The fraction of sp³-hybridized carbons (Fsp3) is 0.450. The van der Waals surface area contributed by atoms with Gasteiger partial charge in [0.25, 0.3) is 5.91 Å². The SMILES string of the molecule is Cc1nc(C(C)C)sc1C(=O)N1CCCC(c2nc3ccccc3[nH]2)C1. The number of aryl methyl sites for hydroxylation is 1. The molecule has 1 N–H and O–H groups in total. The lowest BCUT2D eigenvalue weighted by Crippen LogP contribution is -2.39. The number of fused-ring (bicyclic) bond motifs is 1. The van der Waals surface area contributed by atoms with Crippen LogP contribution < -0.4 is 0 Å². The zero-order chi connectivity index (χ0) is 18.3. The maximum absolute atomic E-state index is 13.1. The molecule has 136 valence electrons. The number of imidazole rings is 1. The maximum Gasteiger partial charge on any atom is 0.265 e. The van der Waals surface area contributed by atoms with Gasteiger partial charge in [-0.2, -0.15) is 0 Å². The van der Waals surface area contributed by atoms with Crippen molar-refractivity contribution in [3.05, 3.63) is 45.7 Å². The second kappa shape index (κ2) is 6.83. The van der Waals surface area contributed by atoms with Crippen LogP contribution in [0.3, 0.4) is 0 Å². The zero-order valence-electron chi connectivity index (χ0n) is 15.5. The molecule has 0 radical (unpaired) electrons. The maximum atomic E-state index is 13.1. The van der Waals surface area contributed by atoms with Gasteiger partial charge >= 0.3 is 0 Å². The average molecular weight is 369 g/mol. The summed E-state index contributed by atoms with van der Waals surface area (Å²) in [4.78, 5) is 28.6. The van der Waals surface area contributed by atoms with Crippen molar-refractivity contribution in [1.82, 2.24) is 19.9 Å². The molecule has 1 saturated heterocycles. The largest absolute Gasteiger partial charge is 0.342 e. The summed E-state index contributed by atoms with van der Waals surface area (Å²) >= 11 is 1.54. The molecule has 1 aromatic carbocycles. The van der Waals surface area contributed by atoms with Crippen LogP contribution in [0.2, 0.25) is 0 Å². The number of carbonyl (C=O) groups is 1. The molecule has 26 heavy (non-hydrogen) atoms. The van der Waals surface area contributed by atoms with Crippen molar-refractivity contribution in [3.63, 3.8) is 0 Å². The quantitative estimate of drug-likeness (QED) is 0.742. The summed E-state index contributed by atoms with van der Waals surface area (Å²) in [6, 6.07) is 8.09. The molecule has 1 amide bonds. The molecule has 3 heterocycles. The Hall–Kier alpha value is -2.21. The number of amides is 1. The summed E-state index contributed by atoms with van der Waals surface area (Å²) in [6.07, 6.45) is 2.06. The molecule has 1 aliphatic heterocycles. The molecule has 1 fully saturated rings. The monoisotopic (exact) mass is 368 g/mol. The van der Waals surface area contributed by atoms with Gasteiger partial charge in [0.2, 0.25) is 0 Å². The number of H-pyrrole nitrogens is 1. The number of hydrogen-bond donors (Lipinski definition) is 1. The lowest BCUT2D eigenvalue weighted by atomic mass is 9.97. The van der Waals surface area contributed by atoms with Crippen LogP contribution >= 0.6 is 11.3 Å². The zero-order valence-corrected chi connectivity index (χ0v) is 16.3. The molecule has 6 heteroatoms. The predicted octanol–water partition coefficient (Wildman–Crippen LogP) is 4.47. The first kappa shape index (κ1) is 17.2. The smallest absolute Gasteiger partial charge is 0.265 e. The van der Waals surface area contributed by atoms with E-state index in [-0.39, 0.29) is 11.8 Å². The molecular weight excluding hydrogens is 344 g/mol. The summed E-state index contributed by atoms with van der Waals surface area (Å²) in [7, 11) is 0. The molecule has 4 rings (SSSR count). The van der Waals surface area contributed by atoms with Gasteiger partial charge in [0, 0.05) is 24.9 Å². The highest BCUT2D eigenvalue weighted by molar-refractivity contribution is 7.13. The number of aromatic nitrogens is 3. The van der Waals surface area contributed by atoms with Gasteiger partial charge < -0.3 is 9.88 Å². The molecule has 1 atom stereocenters. The van der Waals surface area contributed by atoms with E-state index >= 15 is 0 Å². The minimum atomic E-state index is 0.118. The first-order valence-electron chi connectivity index (χ1n) is 9.24. The third-order valence-electron chi connectivity index (χ3n) is 5.00. The topological polar surface area (TPSA) is 61.9 Å². The van der Waals surface area contributed by atoms with E-state index in [9.17, 15) is 4.79 Å². The van der Waals surface area contributed by atoms with E-state index in [2.05, 4.69) is 23.8 Å². The van der Waals surface area contributed by atoms with Crippen LogP contribution in [-0.4, -0.2) is 38.8 Å². The lowest BCUT2D eigenvalue weighted by molar-refractivity contribution is 0.0709. The normalized spacial score (nSPS) is 18.0. The van der Waals surface area contributed by atoms with Crippen LogP contribution in [0.5, 0.6) is 0 Å². The van der Waals surface area contributed by atoms with Crippen molar-refractivity contribution >= 4 is 28.3 Å². The van der Waals surface area contributed by atoms with E-state index < -0.39 is 0 Å². The molecule has 2 aromatic heterocycles. The van der Waals surface area contributed by atoms with Crippen molar-refractivity contribution in [3.8, 4) is 0 Å². The van der Waals surface area contributed by atoms with Gasteiger partial charge in [0.15, 0.2) is 0 Å². The van der Waals surface area contributed by atoms with Gasteiger partial charge in [0.1, 0.15) is 10.7 Å². The van der Waals surface area contributed by atoms with Crippen LogP contribution in [0.15, 0.2) is 24.3 Å². The van der Waals surface area contributed by atoms with E-state index in [0.29, 0.717) is 12.5 Å². The Bertz CT molecular complexity index is 909. The summed E-state index contributed by atoms with van der Waals surface area (Å²) in [6.45, 7) is 7.70.